The van der Waals surface area contributed by atoms with Gasteiger partial charge < -0.3 is 21.1 Å². The van der Waals surface area contributed by atoms with Gasteiger partial charge in [0.05, 0.1) is 18.7 Å². The second-order valence-corrected chi connectivity index (χ2v) is 5.04. The summed E-state index contributed by atoms with van der Waals surface area (Å²) in [5, 5.41) is 12.7. The fourth-order valence-corrected chi connectivity index (χ4v) is 2.23. The molecule has 4 N–H and O–H groups in total. The average molecular weight is 243 g/mol. The second kappa shape index (κ2) is 4.91. The van der Waals surface area contributed by atoms with Gasteiger partial charge in [0.2, 0.25) is 5.91 Å². The van der Waals surface area contributed by atoms with Crippen LogP contribution in [0.4, 0.5) is 4.79 Å². The van der Waals surface area contributed by atoms with Crippen LogP contribution < -0.4 is 11.1 Å². The van der Waals surface area contributed by atoms with Crippen molar-refractivity contribution in [3.05, 3.63) is 0 Å². The molecule has 98 valence electrons. The van der Waals surface area contributed by atoms with Crippen LogP contribution in [-0.2, 0) is 4.79 Å². The van der Waals surface area contributed by atoms with Crippen LogP contribution >= 0.6 is 0 Å². The van der Waals surface area contributed by atoms with Gasteiger partial charge in [-0.05, 0) is 5.92 Å². The maximum atomic E-state index is 11.8. The summed E-state index contributed by atoms with van der Waals surface area (Å²) in [5.74, 6) is -0.105. The lowest BCUT2D eigenvalue weighted by molar-refractivity contribution is -0.130. The monoisotopic (exact) mass is 243 g/mol. The van der Waals surface area contributed by atoms with Crippen molar-refractivity contribution < 1.29 is 14.7 Å². The molecule has 1 fully saturated rings. The number of amides is 3. The van der Waals surface area contributed by atoms with E-state index < -0.39 is 11.6 Å². The van der Waals surface area contributed by atoms with E-state index in [4.69, 9.17) is 5.73 Å². The van der Waals surface area contributed by atoms with Crippen LogP contribution in [0.2, 0.25) is 0 Å². The Morgan fingerprint density at radius 2 is 2.18 bits per heavy atom. The van der Waals surface area contributed by atoms with E-state index in [0.29, 0.717) is 13.1 Å². The fourth-order valence-electron chi connectivity index (χ4n) is 2.23. The van der Waals surface area contributed by atoms with E-state index in [1.54, 1.807) is 4.90 Å². The van der Waals surface area contributed by atoms with Crippen LogP contribution in [0, 0.1) is 11.8 Å². The molecule has 2 atom stereocenters. The van der Waals surface area contributed by atoms with E-state index in [1.165, 1.54) is 0 Å². The van der Waals surface area contributed by atoms with Crippen molar-refractivity contribution in [1.29, 1.82) is 0 Å². The van der Waals surface area contributed by atoms with Crippen LogP contribution in [0.5, 0.6) is 0 Å². The molecule has 0 aromatic carbocycles. The van der Waals surface area contributed by atoms with Gasteiger partial charge in [-0.25, -0.2) is 4.79 Å². The number of aliphatic hydroxyl groups is 1. The minimum Gasteiger partial charge on any atom is -0.387 e. The van der Waals surface area contributed by atoms with E-state index >= 15 is 0 Å². The Hall–Kier alpha value is -1.30. The van der Waals surface area contributed by atoms with Crippen molar-refractivity contribution in [2.75, 3.05) is 19.6 Å². The van der Waals surface area contributed by atoms with Gasteiger partial charge in [0.1, 0.15) is 0 Å². The highest BCUT2D eigenvalue weighted by atomic mass is 16.3. The zero-order valence-corrected chi connectivity index (χ0v) is 10.6. The maximum Gasteiger partial charge on any atom is 0.312 e. The van der Waals surface area contributed by atoms with Gasteiger partial charge in [-0.3, -0.25) is 4.79 Å². The molecule has 0 aromatic rings. The molecule has 1 aliphatic rings. The van der Waals surface area contributed by atoms with E-state index in [0.717, 1.165) is 0 Å². The van der Waals surface area contributed by atoms with Crippen molar-refractivity contribution in [3.63, 3.8) is 0 Å². The minimum atomic E-state index is -0.845. The van der Waals surface area contributed by atoms with Gasteiger partial charge >= 0.3 is 6.03 Å². The van der Waals surface area contributed by atoms with Crippen molar-refractivity contribution in [1.82, 2.24) is 10.2 Å². The molecule has 1 saturated heterocycles. The zero-order valence-electron chi connectivity index (χ0n) is 10.6. The van der Waals surface area contributed by atoms with Crippen molar-refractivity contribution >= 4 is 11.9 Å². The van der Waals surface area contributed by atoms with Gasteiger partial charge in [-0.2, -0.15) is 0 Å². The first-order valence-electron chi connectivity index (χ1n) is 5.80. The van der Waals surface area contributed by atoms with E-state index in [2.05, 4.69) is 5.32 Å². The predicted molar refractivity (Wildman–Crippen MR) is 63.1 cm³/mol. The van der Waals surface area contributed by atoms with E-state index in [1.807, 2.05) is 20.8 Å². The molecular weight excluding hydrogens is 222 g/mol. The summed E-state index contributed by atoms with van der Waals surface area (Å²) in [7, 11) is 0. The Labute approximate surface area is 101 Å². The molecule has 0 radical (unpaired) electrons. The summed E-state index contributed by atoms with van der Waals surface area (Å²) in [4.78, 5) is 23.8. The standard InChI is InChI=1S/C11H21N3O3/c1-7(2)11(17)6-14(5-8(11)3)9(15)4-13-10(12)16/h7-8,17H,4-6H2,1-3H3,(H3,12,13,16)/t8-,11-/m1/s1. The number of carbonyl (C=O) groups excluding carboxylic acids is 2. The highest BCUT2D eigenvalue weighted by Gasteiger charge is 2.46. The average Bonchev–Trinajstić information content (AvgIpc) is 2.53. The number of primary amides is 1. The maximum absolute atomic E-state index is 11.8. The first-order valence-corrected chi connectivity index (χ1v) is 5.80. The Bertz CT molecular complexity index is 319. The van der Waals surface area contributed by atoms with Crippen molar-refractivity contribution in [2.45, 2.75) is 26.4 Å². The van der Waals surface area contributed by atoms with Gasteiger partial charge in [-0.1, -0.05) is 20.8 Å². The summed E-state index contributed by atoms with van der Waals surface area (Å²) >= 11 is 0. The summed E-state index contributed by atoms with van der Waals surface area (Å²) < 4.78 is 0. The molecule has 6 nitrogen and oxygen atoms in total. The molecule has 0 spiro atoms. The number of carbonyl (C=O) groups is 2. The number of rotatable bonds is 3. The third-order valence-corrected chi connectivity index (χ3v) is 3.56. The summed E-state index contributed by atoms with van der Waals surface area (Å²) in [6.45, 7) is 6.50. The lowest BCUT2D eigenvalue weighted by atomic mass is 9.82. The molecule has 0 aliphatic carbocycles. The number of nitrogens with zero attached hydrogens (tertiary/aromatic N) is 1. The van der Waals surface area contributed by atoms with Crippen molar-refractivity contribution in [3.8, 4) is 0 Å². The SMILES string of the molecule is CC(C)[C@]1(O)CN(C(=O)CNC(N)=O)C[C@H]1C. The number of hydrogen-bond donors (Lipinski definition) is 3. The second-order valence-electron chi connectivity index (χ2n) is 5.04. The Morgan fingerprint density at radius 3 is 2.59 bits per heavy atom. The number of likely N-dealkylation sites (tertiary alicyclic amines) is 1. The molecule has 0 unspecified atom stereocenters. The third-order valence-electron chi connectivity index (χ3n) is 3.56. The van der Waals surface area contributed by atoms with E-state index in [-0.39, 0.29) is 24.3 Å². The van der Waals surface area contributed by atoms with Crippen LogP contribution in [0.3, 0.4) is 0 Å². The minimum absolute atomic E-state index is 0.0278. The molecule has 6 heteroatoms. The Morgan fingerprint density at radius 1 is 1.59 bits per heavy atom. The first kappa shape index (κ1) is 13.8. The van der Waals surface area contributed by atoms with Crippen LogP contribution in [-0.4, -0.2) is 47.2 Å². The third kappa shape index (κ3) is 2.88. The highest BCUT2D eigenvalue weighted by Crippen LogP contribution is 2.33. The molecule has 0 bridgehead atoms. The normalized spacial score (nSPS) is 28.5. The molecule has 1 heterocycles. The zero-order chi connectivity index (χ0) is 13.2. The topological polar surface area (TPSA) is 95.7 Å². The predicted octanol–water partition coefficient (Wildman–Crippen LogP) is -0.480. The Balaban J connectivity index is 2.59. The van der Waals surface area contributed by atoms with Gasteiger partial charge in [0.25, 0.3) is 0 Å². The quantitative estimate of drug-likeness (QED) is 0.624. The molecule has 0 aromatic heterocycles. The lowest BCUT2D eigenvalue weighted by Gasteiger charge is -2.30. The van der Waals surface area contributed by atoms with Crippen LogP contribution in [0.15, 0.2) is 0 Å². The van der Waals surface area contributed by atoms with Gasteiger partial charge in [0.15, 0.2) is 0 Å². The number of nitrogens with one attached hydrogen (secondary N) is 1. The summed E-state index contributed by atoms with van der Waals surface area (Å²) in [6, 6.07) is -0.718. The smallest absolute Gasteiger partial charge is 0.312 e. The molecule has 1 aliphatic heterocycles. The molecule has 3 amide bonds. The molecule has 17 heavy (non-hydrogen) atoms. The first-order chi connectivity index (χ1) is 7.77. The number of β-amino-alcohol motifs (C(OH)–C–C–N with tert-alkyl or cyclic N) is 1. The number of hydrogen-bond acceptors (Lipinski definition) is 3. The molecular formula is C11H21N3O3. The highest BCUT2D eigenvalue weighted by molar-refractivity contribution is 5.83. The fraction of sp³-hybridized carbons (Fsp3) is 0.818. The van der Waals surface area contributed by atoms with Crippen molar-refractivity contribution in [2.24, 2.45) is 17.6 Å². The molecule has 0 saturated carbocycles. The van der Waals surface area contributed by atoms with E-state index in [9.17, 15) is 14.7 Å². The largest absolute Gasteiger partial charge is 0.387 e. The van der Waals surface area contributed by atoms with Crippen LogP contribution in [0.25, 0.3) is 0 Å². The lowest BCUT2D eigenvalue weighted by Crippen LogP contribution is -2.45. The summed E-state index contributed by atoms with van der Waals surface area (Å²) in [5.41, 5.74) is 4.05. The van der Waals surface area contributed by atoms with Gasteiger partial charge in [0, 0.05) is 12.5 Å². The van der Waals surface area contributed by atoms with Crippen LogP contribution in [0.1, 0.15) is 20.8 Å². The Kier molecular flexibility index (Phi) is 3.98. The molecule has 1 rings (SSSR count). The van der Waals surface area contributed by atoms with Gasteiger partial charge in [-0.15, -0.1) is 0 Å². The number of urea groups is 1. The number of nitrogens with two attached hydrogens (primary N) is 1. The summed E-state index contributed by atoms with van der Waals surface area (Å²) in [6.07, 6.45) is 0.